The first kappa shape index (κ1) is 16.6. The number of anilines is 2. The van der Waals surface area contributed by atoms with E-state index < -0.39 is 0 Å². The number of nitrogens with one attached hydrogen (secondary N) is 1. The molecule has 132 valence electrons. The minimum absolute atomic E-state index is 0.0420. The Kier molecular flexibility index (Phi) is 4.57. The van der Waals surface area contributed by atoms with Gasteiger partial charge < -0.3 is 10.2 Å². The molecule has 0 spiro atoms. The third-order valence-electron chi connectivity index (χ3n) is 4.32. The second kappa shape index (κ2) is 7.17. The molecular formula is C18H18N6OS. The zero-order valence-electron chi connectivity index (χ0n) is 14.2. The summed E-state index contributed by atoms with van der Waals surface area (Å²) in [5.41, 5.74) is 0.838. The van der Waals surface area contributed by atoms with Crippen LogP contribution in [0.25, 0.3) is 5.82 Å². The molecule has 1 aliphatic heterocycles. The van der Waals surface area contributed by atoms with E-state index in [9.17, 15) is 4.79 Å². The standard InChI is InChI=1S/C18H18N6OS/c1-26-15-4-2-3-14(7-15)22-18(25)13-9-24(10-13)17-8-16(20-11-21-17)23-6-5-19-12-23/h2-8,11-13H,9-10H2,1H3,(H,22,25). The van der Waals surface area contributed by atoms with Crippen molar-refractivity contribution in [3.63, 3.8) is 0 Å². The molecule has 2 aromatic heterocycles. The van der Waals surface area contributed by atoms with Gasteiger partial charge in [-0.25, -0.2) is 15.0 Å². The van der Waals surface area contributed by atoms with Gasteiger partial charge in [0.25, 0.3) is 0 Å². The number of thioether (sulfide) groups is 1. The molecule has 3 heterocycles. The highest BCUT2D eigenvalue weighted by molar-refractivity contribution is 7.98. The van der Waals surface area contributed by atoms with Crippen LogP contribution in [0.1, 0.15) is 0 Å². The fourth-order valence-corrected chi connectivity index (χ4v) is 3.28. The van der Waals surface area contributed by atoms with Gasteiger partial charge in [0.2, 0.25) is 5.91 Å². The zero-order valence-corrected chi connectivity index (χ0v) is 15.1. The number of hydrogen-bond donors (Lipinski definition) is 1. The molecule has 1 amide bonds. The number of nitrogens with zero attached hydrogens (tertiary/aromatic N) is 5. The third-order valence-corrected chi connectivity index (χ3v) is 5.05. The Hall–Kier alpha value is -2.87. The first-order chi connectivity index (χ1) is 12.7. The lowest BCUT2D eigenvalue weighted by Gasteiger charge is -2.39. The maximum Gasteiger partial charge on any atom is 0.231 e. The summed E-state index contributed by atoms with van der Waals surface area (Å²) in [7, 11) is 0. The van der Waals surface area contributed by atoms with Crippen molar-refractivity contribution >= 4 is 29.2 Å². The van der Waals surface area contributed by atoms with Crippen molar-refractivity contribution < 1.29 is 4.79 Å². The summed E-state index contributed by atoms with van der Waals surface area (Å²) in [4.78, 5) is 28.2. The van der Waals surface area contributed by atoms with Crippen molar-refractivity contribution in [2.45, 2.75) is 4.90 Å². The number of rotatable bonds is 5. The van der Waals surface area contributed by atoms with Crippen molar-refractivity contribution in [2.24, 2.45) is 5.92 Å². The van der Waals surface area contributed by atoms with E-state index in [1.165, 1.54) is 6.33 Å². The van der Waals surface area contributed by atoms with Crippen LogP contribution in [0, 0.1) is 5.92 Å². The summed E-state index contributed by atoms with van der Waals surface area (Å²) in [6, 6.07) is 9.78. The molecule has 1 fully saturated rings. The van der Waals surface area contributed by atoms with Gasteiger partial charge in [0.15, 0.2) is 0 Å². The fourth-order valence-electron chi connectivity index (χ4n) is 2.82. The van der Waals surface area contributed by atoms with Gasteiger partial charge in [0.1, 0.15) is 24.3 Å². The predicted molar refractivity (Wildman–Crippen MR) is 102 cm³/mol. The first-order valence-electron chi connectivity index (χ1n) is 8.23. The van der Waals surface area contributed by atoms with Crippen LogP contribution in [-0.4, -0.2) is 44.8 Å². The second-order valence-electron chi connectivity index (χ2n) is 6.03. The topological polar surface area (TPSA) is 75.9 Å². The predicted octanol–water partition coefficient (Wildman–Crippen LogP) is 2.46. The molecule has 8 heteroatoms. The lowest BCUT2D eigenvalue weighted by Crippen LogP contribution is -2.52. The Bertz CT molecular complexity index is 908. The molecule has 0 aliphatic carbocycles. The Balaban J connectivity index is 1.38. The number of carbonyl (C=O) groups is 1. The molecule has 4 rings (SSSR count). The number of aromatic nitrogens is 4. The maximum absolute atomic E-state index is 12.4. The highest BCUT2D eigenvalue weighted by Crippen LogP contribution is 2.25. The summed E-state index contributed by atoms with van der Waals surface area (Å²) in [5, 5.41) is 3.00. The van der Waals surface area contributed by atoms with Crippen LogP contribution >= 0.6 is 11.8 Å². The summed E-state index contributed by atoms with van der Waals surface area (Å²) < 4.78 is 1.83. The van der Waals surface area contributed by atoms with Crippen LogP contribution in [0.5, 0.6) is 0 Å². The fraction of sp³-hybridized carbons (Fsp3) is 0.222. The van der Waals surface area contributed by atoms with Gasteiger partial charge in [0, 0.05) is 42.1 Å². The number of amides is 1. The van der Waals surface area contributed by atoms with E-state index in [1.54, 1.807) is 24.3 Å². The van der Waals surface area contributed by atoms with E-state index in [0.717, 1.165) is 22.2 Å². The van der Waals surface area contributed by atoms with Gasteiger partial charge in [-0.3, -0.25) is 9.36 Å². The highest BCUT2D eigenvalue weighted by Gasteiger charge is 2.33. The molecule has 1 N–H and O–H groups in total. The molecule has 0 bridgehead atoms. The van der Waals surface area contributed by atoms with Crippen molar-refractivity contribution in [3.05, 3.63) is 55.4 Å². The van der Waals surface area contributed by atoms with E-state index in [0.29, 0.717) is 13.1 Å². The van der Waals surface area contributed by atoms with E-state index in [1.807, 2.05) is 47.4 Å². The molecule has 26 heavy (non-hydrogen) atoms. The molecule has 3 aromatic rings. The van der Waals surface area contributed by atoms with Gasteiger partial charge in [-0.15, -0.1) is 11.8 Å². The average molecular weight is 366 g/mol. The molecule has 1 saturated heterocycles. The van der Waals surface area contributed by atoms with Crippen LogP contribution in [0.4, 0.5) is 11.5 Å². The number of benzene rings is 1. The van der Waals surface area contributed by atoms with Crippen molar-refractivity contribution in [1.82, 2.24) is 19.5 Å². The summed E-state index contributed by atoms with van der Waals surface area (Å²) in [5.74, 6) is 1.58. The molecule has 1 aliphatic rings. The van der Waals surface area contributed by atoms with E-state index in [2.05, 4.69) is 25.2 Å². The first-order valence-corrected chi connectivity index (χ1v) is 9.45. The Labute approximate surface area is 155 Å². The van der Waals surface area contributed by atoms with Crippen molar-refractivity contribution in [1.29, 1.82) is 0 Å². The van der Waals surface area contributed by atoms with E-state index >= 15 is 0 Å². The van der Waals surface area contributed by atoms with Gasteiger partial charge in [0.05, 0.1) is 5.92 Å². The highest BCUT2D eigenvalue weighted by atomic mass is 32.2. The normalized spacial score (nSPS) is 14.1. The monoisotopic (exact) mass is 366 g/mol. The van der Waals surface area contributed by atoms with E-state index in [4.69, 9.17) is 0 Å². The lowest BCUT2D eigenvalue weighted by molar-refractivity contribution is -0.120. The van der Waals surface area contributed by atoms with Gasteiger partial charge in [-0.1, -0.05) is 6.07 Å². The van der Waals surface area contributed by atoms with Crippen LogP contribution < -0.4 is 10.2 Å². The molecule has 1 aromatic carbocycles. The summed E-state index contributed by atoms with van der Waals surface area (Å²) >= 11 is 1.66. The van der Waals surface area contributed by atoms with Crippen LogP contribution in [0.15, 0.2) is 60.3 Å². The molecule has 0 atom stereocenters. The smallest absolute Gasteiger partial charge is 0.231 e. The molecule has 7 nitrogen and oxygen atoms in total. The van der Waals surface area contributed by atoms with Gasteiger partial charge in [-0.05, 0) is 24.5 Å². The lowest BCUT2D eigenvalue weighted by atomic mass is 9.99. The Morgan fingerprint density at radius 2 is 2.08 bits per heavy atom. The Morgan fingerprint density at radius 3 is 2.85 bits per heavy atom. The summed E-state index contributed by atoms with van der Waals surface area (Å²) in [6.45, 7) is 1.29. The molecule has 0 radical (unpaired) electrons. The SMILES string of the molecule is CSc1cccc(NC(=O)C2CN(c3cc(-n4ccnc4)ncn3)C2)c1. The summed E-state index contributed by atoms with van der Waals surface area (Å²) in [6.07, 6.45) is 8.79. The Morgan fingerprint density at radius 1 is 1.23 bits per heavy atom. The molecule has 0 unspecified atom stereocenters. The molecule has 0 saturated carbocycles. The van der Waals surface area contributed by atoms with Gasteiger partial charge >= 0.3 is 0 Å². The van der Waals surface area contributed by atoms with Crippen molar-refractivity contribution in [3.8, 4) is 5.82 Å². The van der Waals surface area contributed by atoms with Gasteiger partial charge in [-0.2, -0.15) is 0 Å². The zero-order chi connectivity index (χ0) is 17.9. The number of imidazole rings is 1. The largest absolute Gasteiger partial charge is 0.355 e. The quantitative estimate of drug-likeness (QED) is 0.699. The van der Waals surface area contributed by atoms with Crippen LogP contribution in [-0.2, 0) is 4.79 Å². The maximum atomic E-state index is 12.4. The molecular weight excluding hydrogens is 348 g/mol. The van der Waals surface area contributed by atoms with Crippen LogP contribution in [0.2, 0.25) is 0 Å². The number of hydrogen-bond acceptors (Lipinski definition) is 6. The second-order valence-corrected chi connectivity index (χ2v) is 6.91. The van der Waals surface area contributed by atoms with Crippen molar-refractivity contribution in [2.75, 3.05) is 29.6 Å². The number of carbonyl (C=O) groups excluding carboxylic acids is 1. The minimum atomic E-state index is -0.0420. The third kappa shape index (κ3) is 3.41. The average Bonchev–Trinajstić information content (AvgIpc) is 3.15. The van der Waals surface area contributed by atoms with E-state index in [-0.39, 0.29) is 11.8 Å². The minimum Gasteiger partial charge on any atom is -0.355 e. The van der Waals surface area contributed by atoms with Crippen LogP contribution in [0.3, 0.4) is 0 Å².